The maximum Gasteiger partial charge on any atom is 0.407 e. The quantitative estimate of drug-likeness (QED) is 0.303. The first-order valence-corrected chi connectivity index (χ1v) is 13.1. The van der Waals surface area contributed by atoms with Gasteiger partial charge in [-0.25, -0.2) is 9.59 Å². The summed E-state index contributed by atoms with van der Waals surface area (Å²) in [4.78, 5) is 26.5. The van der Waals surface area contributed by atoms with Crippen molar-refractivity contribution in [3.8, 4) is 0 Å². The Morgan fingerprint density at radius 2 is 1.84 bits per heavy atom. The van der Waals surface area contributed by atoms with E-state index in [0.717, 1.165) is 31.5 Å². The Morgan fingerprint density at radius 1 is 1.05 bits per heavy atom. The summed E-state index contributed by atoms with van der Waals surface area (Å²) >= 11 is 0. The average Bonchev–Trinajstić information content (AvgIpc) is 3.67. The van der Waals surface area contributed by atoms with Crippen LogP contribution in [0.2, 0.25) is 0 Å². The van der Waals surface area contributed by atoms with Gasteiger partial charge in [0.1, 0.15) is 6.61 Å². The van der Waals surface area contributed by atoms with Gasteiger partial charge in [-0.2, -0.15) is 5.10 Å². The highest BCUT2D eigenvalue weighted by Gasteiger charge is 2.37. The van der Waals surface area contributed by atoms with Crippen molar-refractivity contribution in [1.82, 2.24) is 20.0 Å². The maximum absolute atomic E-state index is 12.5. The molecule has 1 N–H and O–H groups in total. The van der Waals surface area contributed by atoms with E-state index in [1.54, 1.807) is 10.9 Å². The Hall–Kier alpha value is -2.95. The van der Waals surface area contributed by atoms with Gasteiger partial charge in [0.2, 0.25) is 0 Å². The van der Waals surface area contributed by atoms with E-state index in [2.05, 4.69) is 20.1 Å². The zero-order valence-electron chi connectivity index (χ0n) is 21.5. The summed E-state index contributed by atoms with van der Waals surface area (Å²) in [6.45, 7) is 4.88. The van der Waals surface area contributed by atoms with Crippen LogP contribution in [0, 0.1) is 5.92 Å². The summed E-state index contributed by atoms with van der Waals surface area (Å²) in [5, 5.41) is 7.23. The van der Waals surface area contributed by atoms with E-state index >= 15 is 0 Å². The lowest BCUT2D eigenvalue weighted by atomic mass is 9.89. The molecule has 2 atom stereocenters. The topological polar surface area (TPSA) is 104 Å². The lowest BCUT2D eigenvalue weighted by Gasteiger charge is -2.39. The Kier molecular flexibility index (Phi) is 10.3. The minimum Gasteiger partial charge on any atom is -0.465 e. The van der Waals surface area contributed by atoms with Gasteiger partial charge in [-0.3, -0.25) is 9.58 Å². The summed E-state index contributed by atoms with van der Waals surface area (Å²) in [6, 6.07) is 10.5. The third-order valence-electron chi connectivity index (χ3n) is 6.87. The number of nitrogens with one attached hydrogen (secondary N) is 1. The number of methoxy groups -OCH3 is 1. The molecule has 202 valence electrons. The van der Waals surface area contributed by atoms with Crippen molar-refractivity contribution in [3.63, 3.8) is 0 Å². The van der Waals surface area contributed by atoms with E-state index in [0.29, 0.717) is 50.5 Å². The molecule has 1 aliphatic heterocycles. The standard InChI is InChI=1S/C27H38N4O6/c1-34-26(32)23-17-28-31(19-23)12-14-36-16-15-35-13-10-22-18-30(24-7-8-24)11-9-25(22)29-27(33)37-20-21-5-3-2-4-6-21/h2-6,17,19,22,24-25H,7-16,18,20H2,1H3,(H,29,33)/t22-,25-/m0/s1. The fourth-order valence-corrected chi connectivity index (χ4v) is 4.65. The van der Waals surface area contributed by atoms with Crippen molar-refractivity contribution >= 4 is 12.1 Å². The SMILES string of the molecule is COC(=O)c1cnn(CCOCCOCC[C@H]2CN(C3CC3)CC[C@@H]2NC(=O)OCc2ccccc2)c1. The number of carbonyl (C=O) groups is 2. The molecule has 2 fully saturated rings. The van der Waals surface area contributed by atoms with Crippen LogP contribution in [0.1, 0.15) is 41.6 Å². The molecule has 0 spiro atoms. The van der Waals surface area contributed by atoms with Gasteiger partial charge in [0, 0.05) is 38.0 Å². The molecule has 4 rings (SSSR count). The minimum atomic E-state index is -0.402. The lowest BCUT2D eigenvalue weighted by molar-refractivity contribution is 0.0301. The van der Waals surface area contributed by atoms with Crippen LogP contribution in [0.25, 0.3) is 0 Å². The van der Waals surface area contributed by atoms with Gasteiger partial charge < -0.3 is 24.3 Å². The lowest BCUT2D eigenvalue weighted by Crippen LogP contribution is -2.51. The largest absolute Gasteiger partial charge is 0.465 e. The molecule has 1 saturated heterocycles. The van der Waals surface area contributed by atoms with Crippen molar-refractivity contribution in [3.05, 3.63) is 53.9 Å². The number of hydrogen-bond donors (Lipinski definition) is 1. The van der Waals surface area contributed by atoms with Crippen molar-refractivity contribution < 1.29 is 28.5 Å². The predicted octanol–water partition coefficient (Wildman–Crippen LogP) is 2.87. The Labute approximate surface area is 218 Å². The van der Waals surface area contributed by atoms with Gasteiger partial charge in [0.15, 0.2) is 0 Å². The predicted molar refractivity (Wildman–Crippen MR) is 136 cm³/mol. The van der Waals surface area contributed by atoms with E-state index < -0.39 is 5.97 Å². The van der Waals surface area contributed by atoms with Gasteiger partial charge in [-0.1, -0.05) is 30.3 Å². The maximum atomic E-state index is 12.5. The van der Waals surface area contributed by atoms with Crippen LogP contribution in [0.5, 0.6) is 0 Å². The van der Waals surface area contributed by atoms with E-state index in [4.69, 9.17) is 14.2 Å². The average molecular weight is 515 g/mol. The number of carbonyl (C=O) groups excluding carboxylic acids is 2. The van der Waals surface area contributed by atoms with E-state index in [-0.39, 0.29) is 18.7 Å². The van der Waals surface area contributed by atoms with Crippen LogP contribution in [-0.4, -0.2) is 85.5 Å². The highest BCUT2D eigenvalue weighted by Crippen LogP contribution is 2.32. The second-order valence-corrected chi connectivity index (χ2v) is 9.58. The molecule has 1 aromatic heterocycles. The summed E-state index contributed by atoms with van der Waals surface area (Å²) in [7, 11) is 1.35. The molecule has 10 heteroatoms. The third-order valence-corrected chi connectivity index (χ3v) is 6.87. The van der Waals surface area contributed by atoms with Crippen LogP contribution in [0.15, 0.2) is 42.7 Å². The number of alkyl carbamates (subject to hydrolysis) is 1. The number of esters is 1. The van der Waals surface area contributed by atoms with Crippen LogP contribution >= 0.6 is 0 Å². The van der Waals surface area contributed by atoms with E-state index in [1.165, 1.54) is 26.1 Å². The Bertz CT molecular complexity index is 980. The van der Waals surface area contributed by atoms with E-state index in [9.17, 15) is 9.59 Å². The van der Waals surface area contributed by atoms with Crippen molar-refractivity contribution in [2.24, 2.45) is 5.92 Å². The summed E-state index contributed by atoms with van der Waals surface area (Å²) < 4.78 is 23.3. The number of hydrogen-bond acceptors (Lipinski definition) is 8. The number of amides is 1. The van der Waals surface area contributed by atoms with Gasteiger partial charge in [-0.15, -0.1) is 0 Å². The van der Waals surface area contributed by atoms with Gasteiger partial charge in [0.25, 0.3) is 0 Å². The molecule has 2 heterocycles. The fourth-order valence-electron chi connectivity index (χ4n) is 4.65. The molecule has 0 unspecified atom stereocenters. The van der Waals surface area contributed by atoms with Crippen molar-refractivity contribution in [1.29, 1.82) is 0 Å². The molecule has 0 radical (unpaired) electrons. The number of benzene rings is 1. The minimum absolute atomic E-state index is 0.0853. The normalized spacial score (nSPS) is 19.9. The first-order valence-electron chi connectivity index (χ1n) is 13.1. The zero-order chi connectivity index (χ0) is 25.9. The molecular weight excluding hydrogens is 476 g/mol. The molecule has 2 aliphatic rings. The molecule has 1 aromatic carbocycles. The third kappa shape index (κ3) is 8.84. The zero-order valence-corrected chi connectivity index (χ0v) is 21.5. The number of ether oxygens (including phenoxy) is 4. The monoisotopic (exact) mass is 514 g/mol. The number of likely N-dealkylation sites (tertiary alicyclic amines) is 1. The van der Waals surface area contributed by atoms with Crippen LogP contribution in [-0.2, 0) is 32.1 Å². The molecule has 1 amide bonds. The van der Waals surface area contributed by atoms with Crippen molar-refractivity contribution in [2.45, 2.75) is 50.9 Å². The van der Waals surface area contributed by atoms with Crippen LogP contribution in [0.4, 0.5) is 4.79 Å². The second-order valence-electron chi connectivity index (χ2n) is 9.58. The summed E-state index contributed by atoms with van der Waals surface area (Å²) in [5.74, 6) is -0.0799. The highest BCUT2D eigenvalue weighted by molar-refractivity contribution is 5.88. The Balaban J connectivity index is 1.12. The number of nitrogens with zero attached hydrogens (tertiary/aromatic N) is 3. The molecule has 1 saturated carbocycles. The highest BCUT2D eigenvalue weighted by atomic mass is 16.5. The first-order chi connectivity index (χ1) is 18.1. The van der Waals surface area contributed by atoms with Crippen LogP contribution < -0.4 is 5.32 Å². The van der Waals surface area contributed by atoms with Gasteiger partial charge in [0.05, 0.1) is 45.2 Å². The first kappa shape index (κ1) is 27.1. The van der Waals surface area contributed by atoms with E-state index in [1.807, 2.05) is 30.3 Å². The Morgan fingerprint density at radius 3 is 2.59 bits per heavy atom. The molecule has 10 nitrogen and oxygen atoms in total. The molecule has 0 bridgehead atoms. The smallest absolute Gasteiger partial charge is 0.407 e. The molecule has 1 aliphatic carbocycles. The summed E-state index contributed by atoms with van der Waals surface area (Å²) in [6.07, 6.45) is 7.12. The summed E-state index contributed by atoms with van der Waals surface area (Å²) in [5.41, 5.74) is 1.40. The number of piperidine rings is 1. The number of aromatic nitrogens is 2. The fraction of sp³-hybridized carbons (Fsp3) is 0.593. The van der Waals surface area contributed by atoms with Crippen molar-refractivity contribution in [2.75, 3.05) is 46.6 Å². The number of rotatable bonds is 14. The van der Waals surface area contributed by atoms with Crippen LogP contribution in [0.3, 0.4) is 0 Å². The second kappa shape index (κ2) is 14.1. The molecular formula is C27H38N4O6. The molecule has 2 aromatic rings. The van der Waals surface area contributed by atoms with Gasteiger partial charge >= 0.3 is 12.1 Å². The molecule has 37 heavy (non-hydrogen) atoms. The van der Waals surface area contributed by atoms with Gasteiger partial charge in [-0.05, 0) is 37.2 Å².